The monoisotopic (exact) mass is 337 g/mol. The van der Waals surface area contributed by atoms with Crippen LogP contribution in [0.25, 0.3) is 22.4 Å². The molecule has 0 bridgehead atoms. The van der Waals surface area contributed by atoms with E-state index in [0.717, 1.165) is 16.6 Å². The quantitative estimate of drug-likeness (QED) is 0.515. The zero-order valence-corrected chi connectivity index (χ0v) is 13.2. The molecule has 0 unspecified atom stereocenters. The fraction of sp³-hybridized carbons (Fsp3) is 0. The van der Waals surface area contributed by atoms with Crippen molar-refractivity contribution in [2.75, 3.05) is 5.32 Å². The zero-order valence-electron chi connectivity index (χ0n) is 12.4. The van der Waals surface area contributed by atoms with Gasteiger partial charge < -0.3 is 14.8 Å². The SMILES string of the molecule is Oc1ccc(Nc2ncnc3oc(-c4ccc(Cl)cc4)cc23)cc1. The van der Waals surface area contributed by atoms with E-state index < -0.39 is 0 Å². The van der Waals surface area contributed by atoms with Crippen molar-refractivity contribution in [2.45, 2.75) is 0 Å². The number of benzene rings is 2. The molecule has 0 amide bonds. The number of anilines is 2. The van der Waals surface area contributed by atoms with E-state index in [1.54, 1.807) is 24.3 Å². The standard InChI is InChI=1S/C18H12ClN3O2/c19-12-3-1-11(2-4-12)16-9-15-17(20-10-21-18(15)24-16)22-13-5-7-14(23)8-6-13/h1-10,23H,(H,20,21,22). The number of phenolic OH excluding ortho intramolecular Hbond substituents is 1. The molecular weight excluding hydrogens is 326 g/mol. The Morgan fingerprint density at radius 1 is 0.958 bits per heavy atom. The van der Waals surface area contributed by atoms with Crippen LogP contribution < -0.4 is 5.32 Å². The van der Waals surface area contributed by atoms with Gasteiger partial charge in [-0.1, -0.05) is 11.6 Å². The summed E-state index contributed by atoms with van der Waals surface area (Å²) in [5.41, 5.74) is 2.21. The maximum absolute atomic E-state index is 9.37. The van der Waals surface area contributed by atoms with Crippen LogP contribution in [-0.2, 0) is 0 Å². The van der Waals surface area contributed by atoms with Gasteiger partial charge in [0, 0.05) is 16.3 Å². The van der Waals surface area contributed by atoms with Crippen LogP contribution in [0.1, 0.15) is 0 Å². The average molecular weight is 338 g/mol. The first-order valence-electron chi connectivity index (χ1n) is 7.25. The topological polar surface area (TPSA) is 71.2 Å². The van der Waals surface area contributed by atoms with Gasteiger partial charge in [-0.05, 0) is 54.6 Å². The van der Waals surface area contributed by atoms with Crippen LogP contribution in [0.5, 0.6) is 5.75 Å². The summed E-state index contributed by atoms with van der Waals surface area (Å²) in [5.74, 6) is 1.53. The second-order valence-electron chi connectivity index (χ2n) is 5.23. The number of hydrogen-bond donors (Lipinski definition) is 2. The van der Waals surface area contributed by atoms with Crippen molar-refractivity contribution in [2.24, 2.45) is 0 Å². The largest absolute Gasteiger partial charge is 0.508 e. The lowest BCUT2D eigenvalue weighted by molar-refractivity contribution is 0.475. The van der Waals surface area contributed by atoms with Crippen LogP contribution in [0.2, 0.25) is 5.02 Å². The minimum absolute atomic E-state index is 0.210. The number of nitrogens with zero attached hydrogens (tertiary/aromatic N) is 2. The van der Waals surface area contributed by atoms with Crippen molar-refractivity contribution in [1.29, 1.82) is 0 Å². The van der Waals surface area contributed by atoms with E-state index in [9.17, 15) is 5.11 Å². The van der Waals surface area contributed by atoms with E-state index in [-0.39, 0.29) is 5.75 Å². The maximum Gasteiger partial charge on any atom is 0.231 e. The molecule has 24 heavy (non-hydrogen) atoms. The van der Waals surface area contributed by atoms with Crippen molar-refractivity contribution in [1.82, 2.24) is 9.97 Å². The Morgan fingerprint density at radius 2 is 1.71 bits per heavy atom. The van der Waals surface area contributed by atoms with E-state index in [1.807, 2.05) is 30.3 Å². The van der Waals surface area contributed by atoms with Crippen LogP contribution in [-0.4, -0.2) is 15.1 Å². The highest BCUT2D eigenvalue weighted by Gasteiger charge is 2.12. The third-order valence-corrected chi connectivity index (χ3v) is 3.84. The third-order valence-electron chi connectivity index (χ3n) is 3.59. The van der Waals surface area contributed by atoms with E-state index in [1.165, 1.54) is 6.33 Å². The number of nitrogens with one attached hydrogen (secondary N) is 1. The normalized spacial score (nSPS) is 10.9. The molecule has 2 heterocycles. The molecule has 2 aromatic carbocycles. The summed E-state index contributed by atoms with van der Waals surface area (Å²) in [4.78, 5) is 8.46. The molecule has 6 heteroatoms. The summed E-state index contributed by atoms with van der Waals surface area (Å²) in [6.45, 7) is 0. The molecule has 0 aliphatic heterocycles. The first-order chi connectivity index (χ1) is 11.7. The Morgan fingerprint density at radius 3 is 2.46 bits per heavy atom. The molecule has 2 N–H and O–H groups in total. The summed E-state index contributed by atoms with van der Waals surface area (Å²) < 4.78 is 5.82. The molecule has 5 nitrogen and oxygen atoms in total. The second kappa shape index (κ2) is 5.86. The number of hydrogen-bond acceptors (Lipinski definition) is 5. The molecule has 4 rings (SSSR count). The third kappa shape index (κ3) is 2.77. The summed E-state index contributed by atoms with van der Waals surface area (Å²) in [5, 5.41) is 14.0. The minimum atomic E-state index is 0.210. The second-order valence-corrected chi connectivity index (χ2v) is 5.67. The van der Waals surface area contributed by atoms with Gasteiger partial charge in [0.05, 0.1) is 5.39 Å². The van der Waals surface area contributed by atoms with Gasteiger partial charge in [0.25, 0.3) is 0 Å². The average Bonchev–Trinajstić information content (AvgIpc) is 3.03. The van der Waals surface area contributed by atoms with Crippen LogP contribution in [0, 0.1) is 0 Å². The van der Waals surface area contributed by atoms with E-state index >= 15 is 0 Å². The van der Waals surface area contributed by atoms with Gasteiger partial charge >= 0.3 is 0 Å². The van der Waals surface area contributed by atoms with Crippen molar-refractivity contribution in [3.63, 3.8) is 0 Å². The van der Waals surface area contributed by atoms with Crippen molar-refractivity contribution in [3.05, 3.63) is 65.9 Å². The predicted octanol–water partition coefficient (Wildman–Crippen LogP) is 4.99. The van der Waals surface area contributed by atoms with Gasteiger partial charge in [-0.3, -0.25) is 0 Å². The van der Waals surface area contributed by atoms with Crippen molar-refractivity contribution >= 4 is 34.2 Å². The van der Waals surface area contributed by atoms with Crippen molar-refractivity contribution < 1.29 is 9.52 Å². The Labute approximate surface area is 142 Å². The van der Waals surface area contributed by atoms with Gasteiger partial charge in [-0.15, -0.1) is 0 Å². The molecule has 0 atom stereocenters. The van der Waals surface area contributed by atoms with E-state index in [0.29, 0.717) is 22.3 Å². The molecular formula is C18H12ClN3O2. The first kappa shape index (κ1) is 14.5. The summed E-state index contributed by atoms with van der Waals surface area (Å²) in [6, 6.07) is 16.0. The van der Waals surface area contributed by atoms with Gasteiger partial charge in [0.1, 0.15) is 23.7 Å². The Balaban J connectivity index is 1.74. The van der Waals surface area contributed by atoms with E-state index in [4.69, 9.17) is 16.0 Å². The van der Waals surface area contributed by atoms with Gasteiger partial charge in [-0.2, -0.15) is 0 Å². The Bertz CT molecular complexity index is 995. The van der Waals surface area contributed by atoms with E-state index in [2.05, 4.69) is 15.3 Å². The minimum Gasteiger partial charge on any atom is -0.508 e. The number of halogens is 1. The molecule has 2 aromatic heterocycles. The number of fused-ring (bicyclic) bond motifs is 1. The zero-order chi connectivity index (χ0) is 16.5. The van der Waals surface area contributed by atoms with Gasteiger partial charge in [-0.25, -0.2) is 9.97 Å². The number of furan rings is 1. The lowest BCUT2D eigenvalue weighted by Crippen LogP contribution is -1.94. The predicted molar refractivity (Wildman–Crippen MR) is 93.6 cm³/mol. The van der Waals surface area contributed by atoms with Crippen LogP contribution in [0.15, 0.2) is 65.3 Å². The lowest BCUT2D eigenvalue weighted by atomic mass is 10.1. The number of rotatable bonds is 3. The smallest absolute Gasteiger partial charge is 0.231 e. The van der Waals surface area contributed by atoms with Crippen LogP contribution in [0.4, 0.5) is 11.5 Å². The Kier molecular flexibility index (Phi) is 3.55. The highest BCUT2D eigenvalue weighted by atomic mass is 35.5. The van der Waals surface area contributed by atoms with Crippen LogP contribution >= 0.6 is 11.6 Å². The molecule has 0 fully saturated rings. The fourth-order valence-corrected chi connectivity index (χ4v) is 2.52. The lowest BCUT2D eigenvalue weighted by Gasteiger charge is -2.05. The molecule has 0 aliphatic carbocycles. The molecule has 0 saturated carbocycles. The summed E-state index contributed by atoms with van der Waals surface area (Å²) in [6.07, 6.45) is 1.44. The Hall–Kier alpha value is -3.05. The van der Waals surface area contributed by atoms with Gasteiger partial charge in [0.15, 0.2) is 0 Å². The highest BCUT2D eigenvalue weighted by molar-refractivity contribution is 6.30. The maximum atomic E-state index is 9.37. The molecule has 0 saturated heterocycles. The number of aromatic hydroxyl groups is 1. The molecule has 118 valence electrons. The summed E-state index contributed by atoms with van der Waals surface area (Å²) >= 11 is 5.92. The highest BCUT2D eigenvalue weighted by Crippen LogP contribution is 2.31. The number of phenols is 1. The van der Waals surface area contributed by atoms with Crippen molar-refractivity contribution in [3.8, 4) is 17.1 Å². The molecule has 0 aliphatic rings. The molecule has 0 spiro atoms. The van der Waals surface area contributed by atoms with Gasteiger partial charge in [0.2, 0.25) is 5.71 Å². The number of aromatic nitrogens is 2. The fourth-order valence-electron chi connectivity index (χ4n) is 2.39. The van der Waals surface area contributed by atoms with Crippen LogP contribution in [0.3, 0.4) is 0 Å². The molecule has 4 aromatic rings. The first-order valence-corrected chi connectivity index (χ1v) is 7.63. The summed E-state index contributed by atoms with van der Waals surface area (Å²) in [7, 11) is 0. The molecule has 0 radical (unpaired) electrons.